The van der Waals surface area contributed by atoms with Crippen LogP contribution in [0.5, 0.6) is 11.5 Å². The predicted molar refractivity (Wildman–Crippen MR) is 63.8 cm³/mol. The van der Waals surface area contributed by atoms with E-state index < -0.39 is 11.9 Å². The Morgan fingerprint density at radius 3 is 2.72 bits per heavy atom. The van der Waals surface area contributed by atoms with Crippen LogP contribution in [0.1, 0.15) is 10.4 Å². The highest BCUT2D eigenvalue weighted by Crippen LogP contribution is 2.25. The van der Waals surface area contributed by atoms with Crippen molar-refractivity contribution < 1.29 is 24.5 Å². The van der Waals surface area contributed by atoms with Crippen LogP contribution in [-0.4, -0.2) is 35.7 Å². The van der Waals surface area contributed by atoms with Gasteiger partial charge in [-0.15, -0.1) is 0 Å². The maximum absolute atomic E-state index is 11.6. The molecule has 1 amide bonds. The van der Waals surface area contributed by atoms with E-state index in [2.05, 4.69) is 5.32 Å². The first-order chi connectivity index (χ1) is 8.54. The van der Waals surface area contributed by atoms with E-state index in [9.17, 15) is 14.7 Å². The zero-order valence-electron chi connectivity index (χ0n) is 9.71. The van der Waals surface area contributed by atoms with Gasteiger partial charge in [0.05, 0.1) is 7.11 Å². The molecule has 1 aromatic carbocycles. The molecule has 0 fully saturated rings. The van der Waals surface area contributed by atoms with E-state index in [1.807, 2.05) is 0 Å². The summed E-state index contributed by atoms with van der Waals surface area (Å²) in [6.45, 7) is 0.0952. The van der Waals surface area contributed by atoms with Crippen molar-refractivity contribution in [3.8, 4) is 11.5 Å². The van der Waals surface area contributed by atoms with Gasteiger partial charge in [0, 0.05) is 18.2 Å². The molecule has 1 aromatic rings. The molecule has 0 atom stereocenters. The number of amides is 1. The van der Waals surface area contributed by atoms with Gasteiger partial charge in [0.25, 0.3) is 5.91 Å². The summed E-state index contributed by atoms with van der Waals surface area (Å²) in [7, 11) is 1.41. The lowest BCUT2D eigenvalue weighted by Gasteiger charge is -2.06. The molecule has 0 saturated heterocycles. The lowest BCUT2D eigenvalue weighted by molar-refractivity contribution is -0.131. The van der Waals surface area contributed by atoms with Crippen molar-refractivity contribution in [2.45, 2.75) is 0 Å². The van der Waals surface area contributed by atoms with Gasteiger partial charge in [0.15, 0.2) is 11.5 Å². The fraction of sp³-hybridized carbons (Fsp3) is 0.167. The summed E-state index contributed by atoms with van der Waals surface area (Å²) in [5.74, 6) is -1.35. The molecule has 0 unspecified atom stereocenters. The van der Waals surface area contributed by atoms with E-state index in [0.717, 1.165) is 6.08 Å². The Kier molecular flexibility index (Phi) is 4.74. The number of rotatable bonds is 5. The molecule has 3 N–H and O–H groups in total. The molecule has 6 heteroatoms. The summed E-state index contributed by atoms with van der Waals surface area (Å²) in [4.78, 5) is 21.8. The number of phenols is 1. The van der Waals surface area contributed by atoms with E-state index in [1.165, 1.54) is 31.4 Å². The van der Waals surface area contributed by atoms with Gasteiger partial charge < -0.3 is 20.3 Å². The third-order valence-electron chi connectivity index (χ3n) is 2.08. The van der Waals surface area contributed by atoms with Crippen LogP contribution < -0.4 is 10.1 Å². The van der Waals surface area contributed by atoms with E-state index in [1.54, 1.807) is 0 Å². The van der Waals surface area contributed by atoms with Crippen molar-refractivity contribution in [2.24, 2.45) is 0 Å². The number of aliphatic carboxylic acids is 1. The van der Waals surface area contributed by atoms with Crippen molar-refractivity contribution in [1.82, 2.24) is 5.32 Å². The molecule has 6 nitrogen and oxygen atoms in total. The fourth-order valence-corrected chi connectivity index (χ4v) is 1.24. The maximum atomic E-state index is 11.6. The summed E-state index contributed by atoms with van der Waals surface area (Å²) in [5.41, 5.74) is 0.261. The quantitative estimate of drug-likeness (QED) is 0.672. The topological polar surface area (TPSA) is 95.9 Å². The maximum Gasteiger partial charge on any atom is 0.328 e. The van der Waals surface area contributed by atoms with E-state index in [-0.39, 0.29) is 23.6 Å². The minimum atomic E-state index is -1.08. The molecule has 18 heavy (non-hydrogen) atoms. The van der Waals surface area contributed by atoms with Crippen LogP contribution in [0.25, 0.3) is 0 Å². The van der Waals surface area contributed by atoms with Crippen LogP contribution in [0.15, 0.2) is 30.4 Å². The van der Waals surface area contributed by atoms with Crippen LogP contribution in [0.3, 0.4) is 0 Å². The molecule has 0 heterocycles. The van der Waals surface area contributed by atoms with Crippen LogP contribution in [-0.2, 0) is 4.79 Å². The molecule has 0 spiro atoms. The summed E-state index contributed by atoms with van der Waals surface area (Å²) in [5, 5.41) is 20.3. The highest BCUT2D eigenvalue weighted by Gasteiger charge is 2.08. The largest absolute Gasteiger partial charge is 0.504 e. The first-order valence-electron chi connectivity index (χ1n) is 5.09. The lowest BCUT2D eigenvalue weighted by Crippen LogP contribution is -2.23. The Balaban J connectivity index is 2.62. The van der Waals surface area contributed by atoms with Crippen molar-refractivity contribution in [1.29, 1.82) is 0 Å². The van der Waals surface area contributed by atoms with Gasteiger partial charge >= 0.3 is 5.97 Å². The van der Waals surface area contributed by atoms with Crippen LogP contribution in [0, 0.1) is 0 Å². The van der Waals surface area contributed by atoms with Gasteiger partial charge in [-0.25, -0.2) is 4.79 Å². The molecule has 1 rings (SSSR count). The van der Waals surface area contributed by atoms with E-state index >= 15 is 0 Å². The zero-order chi connectivity index (χ0) is 13.5. The number of benzene rings is 1. The van der Waals surface area contributed by atoms with Gasteiger partial charge in [0.1, 0.15) is 0 Å². The average molecular weight is 251 g/mol. The normalized spacial score (nSPS) is 10.3. The molecule has 0 aliphatic rings. The molecule has 0 radical (unpaired) electrons. The summed E-state index contributed by atoms with van der Waals surface area (Å²) >= 11 is 0. The van der Waals surface area contributed by atoms with Crippen molar-refractivity contribution in [3.05, 3.63) is 35.9 Å². The molecule has 0 bridgehead atoms. The molecule has 0 aliphatic carbocycles. The number of aromatic hydroxyl groups is 1. The van der Waals surface area contributed by atoms with Crippen LogP contribution >= 0.6 is 0 Å². The SMILES string of the molecule is COc1ccc(C(=O)NC/C=C/C(=O)O)cc1O. The highest BCUT2D eigenvalue weighted by atomic mass is 16.5. The first-order valence-corrected chi connectivity index (χ1v) is 5.09. The van der Waals surface area contributed by atoms with Crippen molar-refractivity contribution in [3.63, 3.8) is 0 Å². The molecular formula is C12H13NO5. The molecule has 0 saturated carbocycles. The predicted octanol–water partition coefficient (Wildman–Crippen LogP) is 0.771. The number of phenolic OH excluding ortho intramolecular Hbond substituents is 1. The third-order valence-corrected chi connectivity index (χ3v) is 2.08. The summed E-state index contributed by atoms with van der Waals surface area (Å²) in [6.07, 6.45) is 2.25. The highest BCUT2D eigenvalue weighted by molar-refractivity contribution is 5.95. The second kappa shape index (κ2) is 6.29. The van der Waals surface area contributed by atoms with Crippen LogP contribution in [0.2, 0.25) is 0 Å². The molecule has 96 valence electrons. The minimum absolute atomic E-state index is 0.0952. The Morgan fingerprint density at radius 2 is 2.17 bits per heavy atom. The standard InChI is InChI=1S/C12H13NO5/c1-18-10-5-4-8(7-9(10)14)12(17)13-6-2-3-11(15)16/h2-5,7,14H,6H2,1H3,(H,13,17)(H,15,16)/b3-2+. The molecule has 0 aromatic heterocycles. The fourth-order valence-electron chi connectivity index (χ4n) is 1.24. The Hall–Kier alpha value is -2.50. The number of carboxylic acids is 1. The van der Waals surface area contributed by atoms with E-state index in [4.69, 9.17) is 9.84 Å². The van der Waals surface area contributed by atoms with Gasteiger partial charge in [0.2, 0.25) is 0 Å². The summed E-state index contributed by atoms with van der Waals surface area (Å²) in [6, 6.07) is 4.24. The van der Waals surface area contributed by atoms with E-state index in [0.29, 0.717) is 0 Å². The van der Waals surface area contributed by atoms with Gasteiger partial charge in [-0.2, -0.15) is 0 Å². The number of nitrogens with one attached hydrogen (secondary N) is 1. The smallest absolute Gasteiger partial charge is 0.328 e. The Bertz CT molecular complexity index is 481. The number of carboxylic acid groups (broad SMARTS) is 1. The number of ether oxygens (including phenoxy) is 1. The number of hydrogen-bond donors (Lipinski definition) is 3. The Morgan fingerprint density at radius 1 is 1.44 bits per heavy atom. The zero-order valence-corrected chi connectivity index (χ0v) is 9.71. The average Bonchev–Trinajstić information content (AvgIpc) is 2.34. The number of methoxy groups -OCH3 is 1. The van der Waals surface area contributed by atoms with Gasteiger partial charge in [-0.1, -0.05) is 6.08 Å². The van der Waals surface area contributed by atoms with Crippen molar-refractivity contribution in [2.75, 3.05) is 13.7 Å². The minimum Gasteiger partial charge on any atom is -0.504 e. The van der Waals surface area contributed by atoms with Gasteiger partial charge in [-0.3, -0.25) is 4.79 Å². The van der Waals surface area contributed by atoms with Crippen molar-refractivity contribution >= 4 is 11.9 Å². The number of carbonyl (C=O) groups excluding carboxylic acids is 1. The van der Waals surface area contributed by atoms with Gasteiger partial charge in [-0.05, 0) is 18.2 Å². The summed E-state index contributed by atoms with van der Waals surface area (Å²) < 4.78 is 4.85. The third kappa shape index (κ3) is 3.82. The second-order valence-corrected chi connectivity index (χ2v) is 3.34. The number of hydrogen-bond acceptors (Lipinski definition) is 4. The Labute approximate surface area is 104 Å². The molecule has 0 aliphatic heterocycles. The lowest BCUT2D eigenvalue weighted by atomic mass is 10.2. The van der Waals surface area contributed by atoms with Crippen LogP contribution in [0.4, 0.5) is 0 Å². The molecular weight excluding hydrogens is 238 g/mol. The first kappa shape index (κ1) is 13.6. The number of carbonyl (C=O) groups is 2. The second-order valence-electron chi connectivity index (χ2n) is 3.34. The monoisotopic (exact) mass is 251 g/mol.